The molecule has 1 heterocycles. The van der Waals surface area contributed by atoms with Crippen molar-refractivity contribution in [3.8, 4) is 0 Å². The van der Waals surface area contributed by atoms with Crippen LogP contribution < -0.4 is 0 Å². The van der Waals surface area contributed by atoms with Gasteiger partial charge in [0.2, 0.25) is 0 Å². The average Bonchev–Trinajstić information content (AvgIpc) is 2.04. The molecule has 0 saturated carbocycles. The van der Waals surface area contributed by atoms with Gasteiger partial charge in [-0.2, -0.15) is 5.10 Å². The molecule has 0 radical (unpaired) electrons. The third kappa shape index (κ3) is 1.89. The third-order valence-electron chi connectivity index (χ3n) is 1.13. The second-order valence-electron chi connectivity index (χ2n) is 1.95. The number of nitrogens with zero attached hydrogens (tertiary/aromatic N) is 5. The molecule has 68 valence electrons. The Balaban J connectivity index is 3.03. The molecule has 9 nitrogen and oxygen atoms in total. The summed E-state index contributed by atoms with van der Waals surface area (Å²) in [6.07, 6.45) is 0.122. The van der Waals surface area contributed by atoms with Crippen LogP contribution >= 0.6 is 0 Å². The standard InChI is InChI=1S/C4H3N5O4/c10-8(11)4(9(12)13)3-5-1-2-6-7-3/h1-2,4H. The molecule has 0 aliphatic rings. The summed E-state index contributed by atoms with van der Waals surface area (Å²) in [5.74, 6) is -0.530. The molecule has 0 N–H and O–H groups in total. The van der Waals surface area contributed by atoms with Crippen molar-refractivity contribution in [3.63, 3.8) is 0 Å². The number of hydrogen-bond acceptors (Lipinski definition) is 7. The topological polar surface area (TPSA) is 125 Å². The highest BCUT2D eigenvalue weighted by atomic mass is 16.7. The molecule has 0 unspecified atom stereocenters. The Morgan fingerprint density at radius 1 is 1.23 bits per heavy atom. The summed E-state index contributed by atoms with van der Waals surface area (Å²) in [5.41, 5.74) is 0. The van der Waals surface area contributed by atoms with Crippen molar-refractivity contribution in [1.29, 1.82) is 0 Å². The minimum Gasteiger partial charge on any atom is -0.258 e. The van der Waals surface area contributed by atoms with Gasteiger partial charge < -0.3 is 0 Å². The maximum absolute atomic E-state index is 10.2. The zero-order valence-electron chi connectivity index (χ0n) is 6.10. The molecule has 1 aromatic heterocycles. The normalized spacial score (nSPS) is 9.92. The molecule has 0 aromatic carbocycles. The van der Waals surface area contributed by atoms with Gasteiger partial charge in [0.15, 0.2) is 0 Å². The molecule has 1 rings (SSSR count). The van der Waals surface area contributed by atoms with Gasteiger partial charge in [-0.25, -0.2) is 4.98 Å². The van der Waals surface area contributed by atoms with Crippen LogP contribution in [0.4, 0.5) is 0 Å². The summed E-state index contributed by atoms with van der Waals surface area (Å²) in [5, 5.41) is 26.8. The van der Waals surface area contributed by atoms with Crippen molar-refractivity contribution in [1.82, 2.24) is 15.2 Å². The van der Waals surface area contributed by atoms with E-state index >= 15 is 0 Å². The van der Waals surface area contributed by atoms with Crippen molar-refractivity contribution in [2.75, 3.05) is 0 Å². The summed E-state index contributed by atoms with van der Waals surface area (Å²) in [6, 6.07) is 0. The van der Waals surface area contributed by atoms with Crippen LogP contribution in [0.25, 0.3) is 0 Å². The second kappa shape index (κ2) is 3.47. The predicted octanol–water partition coefficient (Wildman–Crippen LogP) is -0.576. The molecule has 0 spiro atoms. The second-order valence-corrected chi connectivity index (χ2v) is 1.95. The van der Waals surface area contributed by atoms with Crippen molar-refractivity contribution in [2.24, 2.45) is 0 Å². The van der Waals surface area contributed by atoms with E-state index in [1.165, 1.54) is 6.20 Å². The fraction of sp³-hybridized carbons (Fsp3) is 0.250. The van der Waals surface area contributed by atoms with E-state index in [0.717, 1.165) is 6.20 Å². The third-order valence-corrected chi connectivity index (χ3v) is 1.13. The molecule has 0 aliphatic heterocycles. The van der Waals surface area contributed by atoms with Crippen molar-refractivity contribution >= 4 is 0 Å². The summed E-state index contributed by atoms with van der Waals surface area (Å²) in [6.45, 7) is 0. The summed E-state index contributed by atoms with van der Waals surface area (Å²) in [4.78, 5) is 21.6. The zero-order valence-corrected chi connectivity index (χ0v) is 6.10. The molecular formula is C4H3N5O4. The zero-order chi connectivity index (χ0) is 9.84. The number of nitro groups is 2. The Kier molecular flexibility index (Phi) is 2.38. The first-order chi connectivity index (χ1) is 6.13. The lowest BCUT2D eigenvalue weighted by Crippen LogP contribution is -2.22. The maximum Gasteiger partial charge on any atom is 0.511 e. The first-order valence-electron chi connectivity index (χ1n) is 3.03. The van der Waals surface area contributed by atoms with Gasteiger partial charge in [-0.15, -0.1) is 5.10 Å². The monoisotopic (exact) mass is 185 g/mol. The van der Waals surface area contributed by atoms with Gasteiger partial charge in [0.25, 0.3) is 0 Å². The van der Waals surface area contributed by atoms with E-state index in [9.17, 15) is 20.2 Å². The van der Waals surface area contributed by atoms with Crippen LogP contribution in [-0.2, 0) is 0 Å². The molecule has 0 atom stereocenters. The van der Waals surface area contributed by atoms with Gasteiger partial charge in [-0.05, 0) is 0 Å². The van der Waals surface area contributed by atoms with Gasteiger partial charge in [-0.3, -0.25) is 20.2 Å². The average molecular weight is 185 g/mol. The van der Waals surface area contributed by atoms with Crippen LogP contribution in [0.5, 0.6) is 0 Å². The van der Waals surface area contributed by atoms with Gasteiger partial charge >= 0.3 is 12.0 Å². The molecule has 0 bridgehead atoms. The Labute approximate surface area is 70.7 Å². The lowest BCUT2D eigenvalue weighted by molar-refractivity contribution is -0.754. The fourth-order valence-corrected chi connectivity index (χ4v) is 0.642. The van der Waals surface area contributed by atoms with E-state index in [4.69, 9.17) is 0 Å². The molecule has 13 heavy (non-hydrogen) atoms. The molecule has 0 saturated heterocycles. The predicted molar refractivity (Wildman–Crippen MR) is 36.6 cm³/mol. The Bertz CT molecular complexity index is 313. The quantitative estimate of drug-likeness (QED) is 0.350. The number of aromatic nitrogens is 3. The first kappa shape index (κ1) is 8.90. The largest absolute Gasteiger partial charge is 0.511 e. The van der Waals surface area contributed by atoms with E-state index in [2.05, 4.69) is 15.2 Å². The number of hydrogen-bond donors (Lipinski definition) is 0. The summed E-state index contributed by atoms with van der Waals surface area (Å²) >= 11 is 0. The van der Waals surface area contributed by atoms with Crippen LogP contribution in [0.1, 0.15) is 12.0 Å². The Morgan fingerprint density at radius 3 is 2.23 bits per heavy atom. The van der Waals surface area contributed by atoms with E-state index in [1.807, 2.05) is 0 Å². The van der Waals surface area contributed by atoms with E-state index in [0.29, 0.717) is 0 Å². The molecule has 0 amide bonds. The first-order valence-corrected chi connectivity index (χ1v) is 3.03. The molecule has 9 heteroatoms. The molecular weight excluding hydrogens is 182 g/mol. The van der Waals surface area contributed by atoms with Crippen LogP contribution in [0.3, 0.4) is 0 Å². The van der Waals surface area contributed by atoms with Gasteiger partial charge in [0.05, 0.1) is 6.20 Å². The van der Waals surface area contributed by atoms with Crippen LogP contribution in [0, 0.1) is 20.2 Å². The highest BCUT2D eigenvalue weighted by molar-refractivity contribution is 4.82. The smallest absolute Gasteiger partial charge is 0.258 e. The van der Waals surface area contributed by atoms with Crippen molar-refractivity contribution in [3.05, 3.63) is 38.4 Å². The van der Waals surface area contributed by atoms with E-state index in [-0.39, 0.29) is 0 Å². The molecule has 0 fully saturated rings. The van der Waals surface area contributed by atoms with Gasteiger partial charge in [0, 0.05) is 6.20 Å². The Morgan fingerprint density at radius 2 is 1.85 bits per heavy atom. The molecule has 0 aliphatic carbocycles. The SMILES string of the molecule is O=[N+]([O-])C(c1nccnn1)[N+](=O)[O-]. The van der Waals surface area contributed by atoms with Gasteiger partial charge in [-0.1, -0.05) is 0 Å². The van der Waals surface area contributed by atoms with Crippen LogP contribution in [0.2, 0.25) is 0 Å². The lowest BCUT2D eigenvalue weighted by Gasteiger charge is -1.97. The minimum absolute atomic E-state index is 0.530. The van der Waals surface area contributed by atoms with Crippen molar-refractivity contribution < 1.29 is 9.85 Å². The van der Waals surface area contributed by atoms with Crippen molar-refractivity contribution in [2.45, 2.75) is 6.17 Å². The highest BCUT2D eigenvalue weighted by Gasteiger charge is 2.38. The van der Waals surface area contributed by atoms with E-state index < -0.39 is 21.8 Å². The molecule has 1 aromatic rings. The summed E-state index contributed by atoms with van der Waals surface area (Å²) in [7, 11) is 0. The van der Waals surface area contributed by atoms with E-state index in [1.54, 1.807) is 0 Å². The summed E-state index contributed by atoms with van der Waals surface area (Å²) < 4.78 is 0. The minimum atomic E-state index is -2.14. The highest BCUT2D eigenvalue weighted by Crippen LogP contribution is 2.09. The van der Waals surface area contributed by atoms with Crippen LogP contribution in [0.15, 0.2) is 12.4 Å². The lowest BCUT2D eigenvalue weighted by atomic mass is 10.5. The van der Waals surface area contributed by atoms with Crippen LogP contribution in [-0.4, -0.2) is 25.0 Å². The Hall–Kier alpha value is -2.19. The fourth-order valence-electron chi connectivity index (χ4n) is 0.642. The maximum atomic E-state index is 10.2. The number of rotatable bonds is 3. The van der Waals surface area contributed by atoms with Gasteiger partial charge in [0.1, 0.15) is 9.85 Å².